The maximum atomic E-state index is 2.76. The molecule has 0 spiro atoms. The molecule has 0 amide bonds. The Hall–Kier alpha value is 0.884. The van der Waals surface area contributed by atoms with Gasteiger partial charge in [-0.05, 0) is 51.9 Å². The summed E-state index contributed by atoms with van der Waals surface area (Å²) in [4.78, 5) is 0. The minimum Gasteiger partial charge on any atom is -1.00 e. The van der Waals surface area contributed by atoms with Gasteiger partial charge in [-0.3, -0.25) is 0 Å². The van der Waals surface area contributed by atoms with Crippen molar-refractivity contribution in [3.63, 3.8) is 0 Å². The average Bonchev–Trinajstić information content (AvgIpc) is 3.44. The van der Waals surface area contributed by atoms with Crippen LogP contribution in [0.3, 0.4) is 0 Å². The summed E-state index contributed by atoms with van der Waals surface area (Å²) in [5.74, 6) is 0. The van der Waals surface area contributed by atoms with Gasteiger partial charge in [-0.25, -0.2) is 24.3 Å². The van der Waals surface area contributed by atoms with Crippen LogP contribution >= 0.6 is 0 Å². The number of halogens is 2. The van der Waals surface area contributed by atoms with E-state index >= 15 is 0 Å². The molecular weight excluding hydrogens is 711 g/mol. The molecule has 4 rings (SSSR count). The van der Waals surface area contributed by atoms with Crippen molar-refractivity contribution in [1.82, 2.24) is 9.13 Å². The van der Waals surface area contributed by atoms with Gasteiger partial charge in [0.1, 0.15) is 0 Å². The van der Waals surface area contributed by atoms with E-state index in [0.717, 1.165) is 0 Å². The molecule has 0 aromatic heterocycles. The molecule has 2 fully saturated rings. The predicted octanol–water partition coefficient (Wildman–Crippen LogP) is -1.39. The summed E-state index contributed by atoms with van der Waals surface area (Å²) >= 11 is 0. The number of hydrogen-bond acceptors (Lipinski definition) is 2. The van der Waals surface area contributed by atoms with E-state index in [0.29, 0.717) is 0 Å². The normalized spacial score (nSPS) is 17.9. The summed E-state index contributed by atoms with van der Waals surface area (Å²) in [6.07, 6.45) is 8.46. The van der Waals surface area contributed by atoms with Gasteiger partial charge in [0.2, 0.25) is 0 Å². The Bertz CT molecular complexity index is 618. The van der Waals surface area contributed by atoms with E-state index in [-0.39, 0.29) is 59.8 Å². The van der Waals surface area contributed by atoms with Crippen LogP contribution in [0.2, 0.25) is 26.2 Å². The predicted molar refractivity (Wildman–Crippen MR) is 129 cm³/mol. The Labute approximate surface area is 233 Å². The van der Waals surface area contributed by atoms with Crippen LogP contribution < -0.4 is 44.3 Å². The van der Waals surface area contributed by atoms with E-state index in [1.54, 1.807) is 10.4 Å². The monoisotopic (exact) mass is 750 g/mol. The van der Waals surface area contributed by atoms with Gasteiger partial charge in [0.05, 0.1) is 16.5 Å². The second-order valence-corrected chi connectivity index (χ2v) is 18.2. The summed E-state index contributed by atoms with van der Waals surface area (Å²) in [7, 11) is -2.59. The molecule has 2 saturated heterocycles. The SMILES string of the molecule is C[Si](C)([c-]1cccc1)N1CCCCC1.C[Si](C)([c-]1cccc1)N1CCCCC1.[Br-].[Br-].[Hf+4]. The van der Waals surface area contributed by atoms with E-state index in [1.165, 1.54) is 64.7 Å². The molecule has 2 aliphatic heterocycles. The average molecular weight is 751 g/mol. The van der Waals surface area contributed by atoms with Crippen LogP contribution in [0.5, 0.6) is 0 Å². The van der Waals surface area contributed by atoms with Gasteiger partial charge in [-0.2, -0.15) is 24.3 Å². The molecular formula is C24H40Br2HfN2Si2. The molecule has 2 aliphatic rings. The van der Waals surface area contributed by atoms with Crippen LogP contribution in [0, 0.1) is 0 Å². The Morgan fingerprint density at radius 3 is 1.03 bits per heavy atom. The maximum Gasteiger partial charge on any atom is 4.00 e. The molecule has 2 aromatic rings. The van der Waals surface area contributed by atoms with E-state index in [4.69, 9.17) is 0 Å². The van der Waals surface area contributed by atoms with Crippen LogP contribution in [-0.2, 0) is 25.8 Å². The van der Waals surface area contributed by atoms with Crippen molar-refractivity contribution in [3.05, 3.63) is 48.5 Å². The Morgan fingerprint density at radius 1 is 0.516 bits per heavy atom. The van der Waals surface area contributed by atoms with Gasteiger partial charge in [0, 0.05) is 0 Å². The van der Waals surface area contributed by atoms with E-state index in [1.807, 2.05) is 0 Å². The van der Waals surface area contributed by atoms with E-state index < -0.39 is 16.5 Å². The molecule has 0 radical (unpaired) electrons. The van der Waals surface area contributed by atoms with Crippen molar-refractivity contribution in [3.8, 4) is 0 Å². The molecule has 0 saturated carbocycles. The molecule has 31 heavy (non-hydrogen) atoms. The van der Waals surface area contributed by atoms with Crippen molar-refractivity contribution >= 4 is 26.8 Å². The number of piperidine rings is 2. The van der Waals surface area contributed by atoms with Crippen LogP contribution in [0.1, 0.15) is 38.5 Å². The smallest absolute Gasteiger partial charge is 1.00 e. The third-order valence-corrected chi connectivity index (χ3v) is 14.6. The quantitative estimate of drug-likeness (QED) is 0.281. The van der Waals surface area contributed by atoms with Crippen LogP contribution in [-0.4, -0.2) is 51.8 Å². The second-order valence-electron chi connectivity index (χ2n) is 9.56. The van der Waals surface area contributed by atoms with Crippen molar-refractivity contribution in [2.24, 2.45) is 0 Å². The third-order valence-electron chi connectivity index (χ3n) is 7.03. The molecule has 7 heteroatoms. The fraction of sp³-hybridized carbons (Fsp3) is 0.583. The molecule has 0 atom stereocenters. The Kier molecular flexibility index (Phi) is 15.4. The number of nitrogens with zero attached hydrogens (tertiary/aromatic N) is 2. The molecule has 0 aliphatic carbocycles. The van der Waals surface area contributed by atoms with Gasteiger partial charge in [-0.15, -0.1) is 10.4 Å². The molecule has 0 unspecified atom stereocenters. The molecule has 2 heterocycles. The van der Waals surface area contributed by atoms with Crippen molar-refractivity contribution in [1.29, 1.82) is 0 Å². The molecule has 2 nitrogen and oxygen atoms in total. The Morgan fingerprint density at radius 2 is 0.774 bits per heavy atom. The zero-order chi connectivity index (χ0) is 20.0. The van der Waals surface area contributed by atoms with Gasteiger partial charge >= 0.3 is 25.8 Å². The van der Waals surface area contributed by atoms with Crippen molar-refractivity contribution in [2.45, 2.75) is 64.7 Å². The zero-order valence-corrected chi connectivity index (χ0v) is 28.6. The Balaban J connectivity index is 0.000000529. The van der Waals surface area contributed by atoms with Gasteiger partial charge in [0.15, 0.2) is 0 Å². The summed E-state index contributed by atoms with van der Waals surface area (Å²) in [5, 5.41) is 3.19. The zero-order valence-electron chi connectivity index (χ0n) is 19.8. The van der Waals surface area contributed by atoms with Gasteiger partial charge < -0.3 is 43.1 Å². The van der Waals surface area contributed by atoms with Gasteiger partial charge in [0.25, 0.3) is 0 Å². The summed E-state index contributed by atoms with van der Waals surface area (Å²) in [5.41, 5.74) is 0. The second kappa shape index (κ2) is 15.0. The summed E-state index contributed by atoms with van der Waals surface area (Å²) < 4.78 is 5.51. The topological polar surface area (TPSA) is 6.48 Å². The van der Waals surface area contributed by atoms with Crippen LogP contribution in [0.25, 0.3) is 0 Å². The molecule has 0 N–H and O–H groups in total. The first-order chi connectivity index (χ1) is 13.4. The largest absolute Gasteiger partial charge is 4.00 e. The summed E-state index contributed by atoms with van der Waals surface area (Å²) in [6, 6.07) is 17.9. The fourth-order valence-electron chi connectivity index (χ4n) is 4.83. The first-order valence-corrected chi connectivity index (χ1v) is 17.3. The fourth-order valence-corrected chi connectivity index (χ4v) is 10.4. The molecule has 172 valence electrons. The maximum absolute atomic E-state index is 2.76. The molecule has 2 aromatic carbocycles. The van der Waals surface area contributed by atoms with Gasteiger partial charge in [-0.1, -0.05) is 39.0 Å². The van der Waals surface area contributed by atoms with Crippen LogP contribution in [0.15, 0.2) is 48.5 Å². The number of hydrogen-bond donors (Lipinski definition) is 0. The first-order valence-electron chi connectivity index (χ1n) is 11.4. The standard InChI is InChI=1S/2C12H20NSi.2BrH.Hf/c2*1-14(2,12-8-4-5-9-12)13-10-6-3-7-11-13;;;/h2*4-5,8-9H,3,6-7,10-11H2,1-2H3;2*1H;/q2*-1;;;+4/p-2. The van der Waals surface area contributed by atoms with E-state index in [9.17, 15) is 0 Å². The van der Waals surface area contributed by atoms with Crippen molar-refractivity contribution < 1.29 is 59.8 Å². The minimum atomic E-state index is -1.29. The first kappa shape index (κ1) is 31.9. The summed E-state index contributed by atoms with van der Waals surface area (Å²) in [6.45, 7) is 15.2. The third kappa shape index (κ3) is 8.55. The van der Waals surface area contributed by atoms with Crippen LogP contribution in [0.4, 0.5) is 0 Å². The number of rotatable bonds is 4. The minimum absolute atomic E-state index is 0. The van der Waals surface area contributed by atoms with Crippen molar-refractivity contribution in [2.75, 3.05) is 26.2 Å². The molecule has 0 bridgehead atoms. The van der Waals surface area contributed by atoms with E-state index in [2.05, 4.69) is 83.8 Å².